The zero-order valence-corrected chi connectivity index (χ0v) is 16.4. The number of hydrogen-bond donors (Lipinski definition) is 2. The van der Waals surface area contributed by atoms with Crippen molar-refractivity contribution in [3.63, 3.8) is 0 Å². The van der Waals surface area contributed by atoms with E-state index in [0.29, 0.717) is 12.1 Å². The van der Waals surface area contributed by atoms with Gasteiger partial charge in [-0.25, -0.2) is 9.80 Å². The highest BCUT2D eigenvalue weighted by molar-refractivity contribution is 7.10. The number of aromatic hydroxyl groups is 1. The third-order valence-corrected chi connectivity index (χ3v) is 6.42. The van der Waals surface area contributed by atoms with Gasteiger partial charge in [0.2, 0.25) is 11.8 Å². The molecule has 0 unspecified atom stereocenters. The van der Waals surface area contributed by atoms with Crippen LogP contribution in [0.25, 0.3) is 0 Å². The largest absolute Gasteiger partial charge is 0.494 e. The van der Waals surface area contributed by atoms with Gasteiger partial charge in [-0.15, -0.1) is 11.3 Å². The number of aromatic amines is 1. The Hall–Kier alpha value is -2.68. The van der Waals surface area contributed by atoms with E-state index in [1.165, 1.54) is 27.8 Å². The molecule has 1 aliphatic heterocycles. The number of nitrogens with zero attached hydrogens (tertiary/aromatic N) is 3. The summed E-state index contributed by atoms with van der Waals surface area (Å²) >= 11 is 1.50. The van der Waals surface area contributed by atoms with Gasteiger partial charge in [-0.3, -0.25) is 19.1 Å². The number of carbonyl (C=O) groups excluding carboxylic acids is 1. The molecular weight excluding hydrogens is 380 g/mol. The standard InChI is InChI=1S/C19H22N4O4S/c1-11(24)23-14(15-8-5-9-28-15)10-13(21-23)16-17(25)20-19(27)22(18(16)26)12-6-3-2-4-7-12/h5,8-9,12,14,26H,2-4,6-7,10H2,1H3,(H,20,25,27)/t14-/m1/s1. The van der Waals surface area contributed by atoms with Gasteiger partial charge in [0.15, 0.2) is 0 Å². The molecule has 0 aromatic carbocycles. The third kappa shape index (κ3) is 3.19. The fourth-order valence-corrected chi connectivity index (χ4v) is 4.94. The maximum atomic E-state index is 12.5. The van der Waals surface area contributed by atoms with Gasteiger partial charge in [0, 0.05) is 24.3 Å². The predicted octanol–water partition coefficient (Wildman–Crippen LogP) is 2.51. The molecule has 1 saturated carbocycles. The molecule has 1 atom stereocenters. The summed E-state index contributed by atoms with van der Waals surface area (Å²) in [4.78, 5) is 40.3. The first-order valence-corrected chi connectivity index (χ1v) is 10.3. The molecule has 148 valence electrons. The molecule has 8 nitrogen and oxygen atoms in total. The lowest BCUT2D eigenvalue weighted by molar-refractivity contribution is -0.130. The molecule has 2 aliphatic rings. The molecule has 2 aromatic rings. The molecule has 1 fully saturated rings. The molecule has 28 heavy (non-hydrogen) atoms. The number of thiophene rings is 1. The number of hydrazone groups is 1. The summed E-state index contributed by atoms with van der Waals surface area (Å²) in [5.74, 6) is -0.598. The second kappa shape index (κ2) is 7.38. The van der Waals surface area contributed by atoms with Gasteiger partial charge >= 0.3 is 5.69 Å². The topological polar surface area (TPSA) is 108 Å². The van der Waals surface area contributed by atoms with Crippen molar-refractivity contribution in [1.82, 2.24) is 14.6 Å². The van der Waals surface area contributed by atoms with Crippen molar-refractivity contribution >= 4 is 23.0 Å². The minimum atomic E-state index is -0.677. The van der Waals surface area contributed by atoms with Crippen LogP contribution in [0, 0.1) is 0 Å². The number of hydrogen-bond acceptors (Lipinski definition) is 6. The molecule has 0 spiro atoms. The van der Waals surface area contributed by atoms with Crippen LogP contribution < -0.4 is 11.2 Å². The van der Waals surface area contributed by atoms with E-state index in [1.807, 2.05) is 17.5 Å². The van der Waals surface area contributed by atoms with Crippen LogP contribution in [0.1, 0.15) is 68.0 Å². The monoisotopic (exact) mass is 402 g/mol. The Morgan fingerprint density at radius 2 is 2.04 bits per heavy atom. The van der Waals surface area contributed by atoms with Crippen molar-refractivity contribution in [1.29, 1.82) is 0 Å². The van der Waals surface area contributed by atoms with Gasteiger partial charge < -0.3 is 5.11 Å². The molecule has 1 aliphatic carbocycles. The van der Waals surface area contributed by atoms with Crippen LogP contribution in [0.5, 0.6) is 5.88 Å². The molecule has 1 amide bonds. The highest BCUT2D eigenvalue weighted by Gasteiger charge is 2.35. The van der Waals surface area contributed by atoms with Crippen molar-refractivity contribution < 1.29 is 9.90 Å². The number of amides is 1. The molecule has 0 radical (unpaired) electrons. The average Bonchev–Trinajstić information content (AvgIpc) is 3.32. The van der Waals surface area contributed by atoms with E-state index in [9.17, 15) is 19.5 Å². The van der Waals surface area contributed by atoms with E-state index in [1.54, 1.807) is 0 Å². The summed E-state index contributed by atoms with van der Waals surface area (Å²) in [6, 6.07) is 3.35. The van der Waals surface area contributed by atoms with Crippen LogP contribution in [0.15, 0.2) is 32.2 Å². The molecule has 0 saturated heterocycles. The summed E-state index contributed by atoms with van der Waals surface area (Å²) in [5.41, 5.74) is -0.981. The fraction of sp³-hybridized carbons (Fsp3) is 0.474. The maximum absolute atomic E-state index is 12.5. The molecule has 3 heterocycles. The third-order valence-electron chi connectivity index (χ3n) is 5.45. The summed E-state index contributed by atoms with van der Waals surface area (Å²) < 4.78 is 1.29. The summed E-state index contributed by atoms with van der Waals surface area (Å²) in [5, 5.41) is 18.5. The van der Waals surface area contributed by atoms with E-state index >= 15 is 0 Å². The smallest absolute Gasteiger partial charge is 0.331 e. The van der Waals surface area contributed by atoms with Gasteiger partial charge in [0.1, 0.15) is 5.56 Å². The highest BCUT2D eigenvalue weighted by Crippen LogP contribution is 2.36. The van der Waals surface area contributed by atoms with Gasteiger partial charge in [0.25, 0.3) is 5.56 Å². The van der Waals surface area contributed by atoms with Crippen molar-refractivity contribution in [2.75, 3.05) is 0 Å². The normalized spacial score (nSPS) is 20.4. The van der Waals surface area contributed by atoms with Crippen LogP contribution in [0.4, 0.5) is 0 Å². The predicted molar refractivity (Wildman–Crippen MR) is 106 cm³/mol. The lowest BCUT2D eigenvalue weighted by Crippen LogP contribution is -2.36. The number of aromatic nitrogens is 2. The Balaban J connectivity index is 1.78. The van der Waals surface area contributed by atoms with E-state index in [4.69, 9.17) is 0 Å². The molecule has 0 bridgehead atoms. The Kier molecular flexibility index (Phi) is 4.92. The van der Waals surface area contributed by atoms with Crippen molar-refractivity contribution in [2.45, 2.75) is 57.5 Å². The quantitative estimate of drug-likeness (QED) is 0.822. The summed E-state index contributed by atoms with van der Waals surface area (Å²) in [6.45, 7) is 1.42. The van der Waals surface area contributed by atoms with Crippen LogP contribution in [-0.2, 0) is 4.79 Å². The summed E-state index contributed by atoms with van der Waals surface area (Å²) in [6.07, 6.45) is 4.92. The number of nitrogens with one attached hydrogen (secondary N) is 1. The zero-order valence-electron chi connectivity index (χ0n) is 15.6. The lowest BCUT2D eigenvalue weighted by atomic mass is 9.95. The highest BCUT2D eigenvalue weighted by atomic mass is 32.1. The molecular formula is C19H22N4O4S. The van der Waals surface area contributed by atoms with Gasteiger partial charge in [-0.2, -0.15) is 5.10 Å². The van der Waals surface area contributed by atoms with Crippen LogP contribution in [0.3, 0.4) is 0 Å². The Morgan fingerprint density at radius 1 is 1.29 bits per heavy atom. The first-order chi connectivity index (χ1) is 13.5. The Bertz CT molecular complexity index is 1030. The molecule has 9 heteroatoms. The lowest BCUT2D eigenvalue weighted by Gasteiger charge is -2.25. The molecule has 2 N–H and O–H groups in total. The number of carbonyl (C=O) groups is 1. The second-order valence-electron chi connectivity index (χ2n) is 7.27. The van der Waals surface area contributed by atoms with E-state index < -0.39 is 11.2 Å². The van der Waals surface area contributed by atoms with Crippen molar-refractivity contribution in [3.8, 4) is 5.88 Å². The zero-order chi connectivity index (χ0) is 19.8. The van der Waals surface area contributed by atoms with Crippen LogP contribution >= 0.6 is 11.3 Å². The van der Waals surface area contributed by atoms with Gasteiger partial charge in [-0.1, -0.05) is 25.3 Å². The van der Waals surface area contributed by atoms with Crippen LogP contribution in [-0.4, -0.2) is 31.3 Å². The average molecular weight is 402 g/mol. The number of H-pyrrole nitrogens is 1. The van der Waals surface area contributed by atoms with Gasteiger partial charge in [-0.05, 0) is 24.3 Å². The molecule has 4 rings (SSSR count). The Labute approximate surface area is 165 Å². The van der Waals surface area contributed by atoms with Crippen LogP contribution in [0.2, 0.25) is 0 Å². The first kappa shape index (κ1) is 18.7. The number of rotatable bonds is 3. The van der Waals surface area contributed by atoms with E-state index in [-0.39, 0.29) is 29.4 Å². The SMILES string of the molecule is CC(=O)N1N=C(c2c(O)n(C3CCCCC3)c(=O)[nH]c2=O)C[C@@H]1c1cccs1. The van der Waals surface area contributed by atoms with Crippen molar-refractivity contribution in [3.05, 3.63) is 48.8 Å². The van der Waals surface area contributed by atoms with E-state index in [2.05, 4.69) is 10.1 Å². The van der Waals surface area contributed by atoms with E-state index in [0.717, 1.165) is 37.0 Å². The minimum absolute atomic E-state index is 0.0181. The minimum Gasteiger partial charge on any atom is -0.494 e. The maximum Gasteiger partial charge on any atom is 0.331 e. The Morgan fingerprint density at radius 3 is 2.68 bits per heavy atom. The van der Waals surface area contributed by atoms with Crippen molar-refractivity contribution in [2.24, 2.45) is 5.10 Å². The van der Waals surface area contributed by atoms with Gasteiger partial charge in [0.05, 0.1) is 11.8 Å². The second-order valence-corrected chi connectivity index (χ2v) is 8.24. The first-order valence-electron chi connectivity index (χ1n) is 9.46. The fourth-order valence-electron chi connectivity index (χ4n) is 4.13. The molecule has 2 aromatic heterocycles. The summed E-state index contributed by atoms with van der Waals surface area (Å²) in [7, 11) is 0.